The van der Waals surface area contributed by atoms with E-state index in [1.54, 1.807) is 12.1 Å². The third kappa shape index (κ3) is 4.58. The van der Waals surface area contributed by atoms with Crippen molar-refractivity contribution in [3.05, 3.63) is 34.3 Å². The van der Waals surface area contributed by atoms with E-state index in [1.807, 2.05) is 19.1 Å². The summed E-state index contributed by atoms with van der Waals surface area (Å²) < 4.78 is 6.39. The molecule has 4 nitrogen and oxygen atoms in total. The van der Waals surface area contributed by atoms with Gasteiger partial charge in [0.05, 0.1) is 5.56 Å². The Bertz CT molecular complexity index is 459. The number of nitrogens with zero attached hydrogens (tertiary/aromatic N) is 2. The third-order valence-corrected chi connectivity index (χ3v) is 3.97. The van der Waals surface area contributed by atoms with Crippen molar-refractivity contribution in [1.82, 2.24) is 9.80 Å². The van der Waals surface area contributed by atoms with E-state index in [0.717, 1.165) is 37.2 Å². The first-order valence-corrected chi connectivity index (χ1v) is 7.71. The first-order chi connectivity index (χ1) is 9.54. The zero-order valence-corrected chi connectivity index (χ0v) is 13.6. The summed E-state index contributed by atoms with van der Waals surface area (Å²) in [6.07, 6.45) is -0.0927. The average Bonchev–Trinajstić information content (AvgIpc) is 2.41. The quantitative estimate of drug-likeness (QED) is 0.787. The van der Waals surface area contributed by atoms with Gasteiger partial charge in [-0.25, -0.2) is 4.79 Å². The van der Waals surface area contributed by atoms with Gasteiger partial charge in [-0.1, -0.05) is 22.0 Å². The Labute approximate surface area is 128 Å². The highest BCUT2D eigenvalue weighted by Crippen LogP contribution is 2.13. The Morgan fingerprint density at radius 3 is 2.70 bits per heavy atom. The van der Waals surface area contributed by atoms with Gasteiger partial charge in [0.25, 0.3) is 0 Å². The van der Waals surface area contributed by atoms with Gasteiger partial charge in [-0.15, -0.1) is 0 Å². The van der Waals surface area contributed by atoms with Gasteiger partial charge in [0.2, 0.25) is 0 Å². The van der Waals surface area contributed by atoms with Crippen molar-refractivity contribution >= 4 is 21.9 Å². The molecule has 0 saturated carbocycles. The zero-order chi connectivity index (χ0) is 14.5. The van der Waals surface area contributed by atoms with Crippen LogP contribution in [0.15, 0.2) is 28.7 Å². The second-order valence-corrected chi connectivity index (χ2v) is 6.25. The van der Waals surface area contributed by atoms with E-state index in [2.05, 4.69) is 32.8 Å². The number of halogens is 1. The SMILES string of the molecule is C[C@H](CN1CCN(C)CC1)OC(=O)c1cccc(Br)c1. The molecule has 20 heavy (non-hydrogen) atoms. The van der Waals surface area contributed by atoms with Crippen molar-refractivity contribution in [3.8, 4) is 0 Å². The van der Waals surface area contributed by atoms with E-state index in [4.69, 9.17) is 4.74 Å². The summed E-state index contributed by atoms with van der Waals surface area (Å²) in [7, 11) is 2.13. The molecule has 2 rings (SSSR count). The second-order valence-electron chi connectivity index (χ2n) is 5.33. The number of hydrogen-bond acceptors (Lipinski definition) is 4. The highest BCUT2D eigenvalue weighted by atomic mass is 79.9. The topological polar surface area (TPSA) is 32.8 Å². The minimum absolute atomic E-state index is 0.0927. The minimum Gasteiger partial charge on any atom is -0.458 e. The lowest BCUT2D eigenvalue weighted by molar-refractivity contribution is 0.0207. The van der Waals surface area contributed by atoms with Gasteiger partial charge in [0.1, 0.15) is 6.10 Å². The van der Waals surface area contributed by atoms with Crippen LogP contribution in [0.3, 0.4) is 0 Å². The molecule has 0 unspecified atom stereocenters. The highest BCUT2D eigenvalue weighted by Gasteiger charge is 2.18. The van der Waals surface area contributed by atoms with Gasteiger partial charge in [0, 0.05) is 37.2 Å². The van der Waals surface area contributed by atoms with Gasteiger partial charge in [0.15, 0.2) is 0 Å². The van der Waals surface area contributed by atoms with Crippen LogP contribution in [0.1, 0.15) is 17.3 Å². The third-order valence-electron chi connectivity index (χ3n) is 3.48. The lowest BCUT2D eigenvalue weighted by atomic mass is 10.2. The molecule has 1 aliphatic heterocycles. The molecule has 1 atom stereocenters. The number of likely N-dealkylation sites (N-methyl/N-ethyl adjacent to an activating group) is 1. The summed E-state index contributed by atoms with van der Waals surface area (Å²) in [5.41, 5.74) is 0.588. The van der Waals surface area contributed by atoms with Crippen LogP contribution < -0.4 is 0 Å². The predicted octanol–water partition coefficient (Wildman–Crippen LogP) is 2.24. The van der Waals surface area contributed by atoms with Crippen LogP contribution in [-0.4, -0.2) is 61.6 Å². The van der Waals surface area contributed by atoms with E-state index in [-0.39, 0.29) is 12.1 Å². The Morgan fingerprint density at radius 2 is 2.05 bits per heavy atom. The fourth-order valence-electron chi connectivity index (χ4n) is 2.30. The molecular weight excluding hydrogens is 320 g/mol. The van der Waals surface area contributed by atoms with E-state index in [9.17, 15) is 4.79 Å². The normalized spacial score (nSPS) is 18.8. The van der Waals surface area contributed by atoms with Gasteiger partial charge < -0.3 is 9.64 Å². The number of rotatable bonds is 4. The molecule has 0 N–H and O–H groups in total. The van der Waals surface area contributed by atoms with Crippen molar-refractivity contribution in [2.24, 2.45) is 0 Å². The zero-order valence-electron chi connectivity index (χ0n) is 12.0. The van der Waals surface area contributed by atoms with Crippen molar-refractivity contribution in [2.75, 3.05) is 39.8 Å². The smallest absolute Gasteiger partial charge is 0.338 e. The van der Waals surface area contributed by atoms with Gasteiger partial charge in [-0.3, -0.25) is 4.90 Å². The molecule has 1 heterocycles. The van der Waals surface area contributed by atoms with E-state index >= 15 is 0 Å². The molecular formula is C15H21BrN2O2. The molecule has 0 radical (unpaired) electrons. The molecule has 5 heteroatoms. The molecule has 0 aliphatic carbocycles. The van der Waals surface area contributed by atoms with Crippen LogP contribution in [0, 0.1) is 0 Å². The number of piperazine rings is 1. The Hall–Kier alpha value is -0.910. The summed E-state index contributed by atoms with van der Waals surface area (Å²) in [6, 6.07) is 7.29. The lowest BCUT2D eigenvalue weighted by Crippen LogP contribution is -2.47. The molecule has 0 amide bonds. The number of carbonyl (C=O) groups is 1. The van der Waals surface area contributed by atoms with Crippen LogP contribution >= 0.6 is 15.9 Å². The maximum atomic E-state index is 12.0. The number of benzene rings is 1. The number of hydrogen-bond donors (Lipinski definition) is 0. The van der Waals surface area contributed by atoms with E-state index in [1.165, 1.54) is 0 Å². The molecule has 1 aliphatic rings. The largest absolute Gasteiger partial charge is 0.458 e. The van der Waals surface area contributed by atoms with E-state index < -0.39 is 0 Å². The Morgan fingerprint density at radius 1 is 1.35 bits per heavy atom. The number of ether oxygens (including phenoxy) is 1. The first-order valence-electron chi connectivity index (χ1n) is 6.92. The highest BCUT2D eigenvalue weighted by molar-refractivity contribution is 9.10. The van der Waals surface area contributed by atoms with Crippen molar-refractivity contribution in [3.63, 3.8) is 0 Å². The monoisotopic (exact) mass is 340 g/mol. The van der Waals surface area contributed by atoms with Crippen LogP contribution in [-0.2, 0) is 4.74 Å². The molecule has 0 aromatic heterocycles. The molecule has 1 saturated heterocycles. The Balaban J connectivity index is 1.82. The number of esters is 1. The standard InChI is InChI=1S/C15H21BrN2O2/c1-12(11-18-8-6-17(2)7-9-18)20-15(19)13-4-3-5-14(16)10-13/h3-5,10,12H,6-9,11H2,1-2H3/t12-/m1/s1. The minimum atomic E-state index is -0.257. The summed E-state index contributed by atoms with van der Waals surface area (Å²) in [6.45, 7) is 6.98. The van der Waals surface area contributed by atoms with Crippen LogP contribution in [0.25, 0.3) is 0 Å². The van der Waals surface area contributed by atoms with Crippen LogP contribution in [0.4, 0.5) is 0 Å². The van der Waals surface area contributed by atoms with Gasteiger partial charge in [-0.05, 0) is 32.2 Å². The Kier molecular flexibility index (Phi) is 5.57. The maximum absolute atomic E-state index is 12.0. The maximum Gasteiger partial charge on any atom is 0.338 e. The summed E-state index contributed by atoms with van der Waals surface area (Å²) in [4.78, 5) is 16.7. The summed E-state index contributed by atoms with van der Waals surface area (Å²) in [5.74, 6) is -0.257. The van der Waals surface area contributed by atoms with Crippen molar-refractivity contribution < 1.29 is 9.53 Å². The average molecular weight is 341 g/mol. The van der Waals surface area contributed by atoms with Gasteiger partial charge >= 0.3 is 5.97 Å². The molecule has 1 aromatic carbocycles. The fraction of sp³-hybridized carbons (Fsp3) is 0.533. The predicted molar refractivity (Wildman–Crippen MR) is 83.0 cm³/mol. The fourth-order valence-corrected chi connectivity index (χ4v) is 2.70. The molecule has 1 fully saturated rings. The van der Waals surface area contributed by atoms with Crippen molar-refractivity contribution in [1.29, 1.82) is 0 Å². The second kappa shape index (κ2) is 7.20. The lowest BCUT2D eigenvalue weighted by Gasteiger charge is -2.33. The first kappa shape index (κ1) is 15.5. The molecule has 0 bridgehead atoms. The molecule has 0 spiro atoms. The molecule has 110 valence electrons. The van der Waals surface area contributed by atoms with Crippen LogP contribution in [0.5, 0.6) is 0 Å². The van der Waals surface area contributed by atoms with Gasteiger partial charge in [-0.2, -0.15) is 0 Å². The van der Waals surface area contributed by atoms with Crippen LogP contribution in [0.2, 0.25) is 0 Å². The summed E-state index contributed by atoms with van der Waals surface area (Å²) in [5, 5.41) is 0. The molecule has 1 aromatic rings. The number of carbonyl (C=O) groups excluding carboxylic acids is 1. The van der Waals surface area contributed by atoms with E-state index in [0.29, 0.717) is 5.56 Å². The summed E-state index contributed by atoms with van der Waals surface area (Å²) >= 11 is 3.36. The van der Waals surface area contributed by atoms with Crippen molar-refractivity contribution in [2.45, 2.75) is 13.0 Å².